The van der Waals surface area contributed by atoms with Crippen molar-refractivity contribution in [3.05, 3.63) is 43.0 Å². The van der Waals surface area contributed by atoms with Gasteiger partial charge in [0.2, 0.25) is 0 Å². The van der Waals surface area contributed by atoms with E-state index in [-0.39, 0.29) is 11.3 Å². The molecule has 2 rings (SSSR count). The molecule has 98 valence electrons. The highest BCUT2D eigenvalue weighted by Gasteiger charge is 2.73. The van der Waals surface area contributed by atoms with Crippen LogP contribution in [0.15, 0.2) is 47.9 Å². The quantitative estimate of drug-likeness (QED) is 0.647. The minimum absolute atomic E-state index is 0.0716. The molecule has 0 spiro atoms. The smallest absolute Gasteiger partial charge is 0.323 e. The fraction of sp³-hybridized carbons (Fsp3) is 0.273. The van der Waals surface area contributed by atoms with Crippen molar-refractivity contribution < 1.29 is 22.8 Å². The molecule has 0 radical (unpaired) electrons. The second-order valence-electron chi connectivity index (χ2n) is 4.25. The van der Waals surface area contributed by atoms with Gasteiger partial charge < -0.3 is 9.79 Å². The Labute approximate surface area is 105 Å². The van der Waals surface area contributed by atoms with Crippen molar-refractivity contribution in [1.82, 2.24) is 0 Å². The lowest BCUT2D eigenvalue weighted by Gasteiger charge is -2.19. The van der Waals surface area contributed by atoms with Crippen LogP contribution in [0.4, 0.5) is 0 Å². The third-order valence-electron chi connectivity index (χ3n) is 3.23. The van der Waals surface area contributed by atoms with Crippen LogP contribution < -0.4 is 0 Å². The van der Waals surface area contributed by atoms with E-state index in [1.165, 1.54) is 30.3 Å². The number of benzene rings is 1. The van der Waals surface area contributed by atoms with E-state index < -0.39 is 27.8 Å². The highest BCUT2D eigenvalue weighted by atomic mass is 32.2. The summed E-state index contributed by atoms with van der Waals surface area (Å²) in [7, 11) is -8.86. The minimum Gasteiger partial charge on any atom is -0.323 e. The van der Waals surface area contributed by atoms with Crippen molar-refractivity contribution >= 4 is 17.4 Å². The van der Waals surface area contributed by atoms with Crippen molar-refractivity contribution in [2.24, 2.45) is 5.92 Å². The summed E-state index contributed by atoms with van der Waals surface area (Å²) in [5.74, 6) is -0.705. The van der Waals surface area contributed by atoms with E-state index in [2.05, 4.69) is 6.58 Å². The second kappa shape index (κ2) is 4.03. The molecule has 0 bridgehead atoms. The molecule has 5 nitrogen and oxygen atoms in total. The first-order valence-corrected chi connectivity index (χ1v) is 8.35. The summed E-state index contributed by atoms with van der Waals surface area (Å²) in [6, 6.07) is 7.36. The van der Waals surface area contributed by atoms with Crippen LogP contribution in [0.3, 0.4) is 0 Å². The summed E-state index contributed by atoms with van der Waals surface area (Å²) in [6.45, 7) is 3.43. The lowest BCUT2D eigenvalue weighted by Crippen LogP contribution is -2.25. The topological polar surface area (TPSA) is 91.7 Å². The number of hydrogen-bond donors (Lipinski definition) is 2. The van der Waals surface area contributed by atoms with E-state index in [1.54, 1.807) is 6.07 Å². The van der Waals surface area contributed by atoms with Crippen LogP contribution in [0.1, 0.15) is 6.42 Å². The van der Waals surface area contributed by atoms with Crippen LogP contribution in [0.5, 0.6) is 0 Å². The molecule has 7 heteroatoms. The van der Waals surface area contributed by atoms with Crippen molar-refractivity contribution in [3.63, 3.8) is 0 Å². The summed E-state index contributed by atoms with van der Waals surface area (Å²) in [6.07, 6.45) is 1.21. The van der Waals surface area contributed by atoms with E-state index in [0.717, 1.165) is 0 Å². The molecule has 1 saturated carbocycles. The molecule has 2 N–H and O–H groups in total. The van der Waals surface area contributed by atoms with Gasteiger partial charge in [0.05, 0.1) is 4.90 Å². The summed E-state index contributed by atoms with van der Waals surface area (Å²) in [5.41, 5.74) is 0. The second-order valence-corrected chi connectivity index (χ2v) is 8.65. The van der Waals surface area contributed by atoms with E-state index >= 15 is 0 Å². The molecule has 0 saturated heterocycles. The number of sulfone groups is 1. The molecular weight excluding hydrogens is 275 g/mol. The van der Waals surface area contributed by atoms with Crippen LogP contribution in [0, 0.1) is 5.92 Å². The van der Waals surface area contributed by atoms with Gasteiger partial charge >= 0.3 is 7.60 Å². The lowest BCUT2D eigenvalue weighted by atomic mass is 10.4. The number of allylic oxidation sites excluding steroid dienone is 1. The van der Waals surface area contributed by atoms with E-state index in [1.807, 2.05) is 0 Å². The normalized spacial score (nSPS) is 27.8. The van der Waals surface area contributed by atoms with Gasteiger partial charge in [-0.25, -0.2) is 8.42 Å². The molecule has 1 aromatic rings. The van der Waals surface area contributed by atoms with Crippen LogP contribution in [0.2, 0.25) is 0 Å². The van der Waals surface area contributed by atoms with Gasteiger partial charge in [0, 0.05) is 5.92 Å². The van der Waals surface area contributed by atoms with Crippen LogP contribution >= 0.6 is 7.60 Å². The predicted octanol–water partition coefficient (Wildman–Crippen LogP) is 1.54. The zero-order chi connectivity index (χ0) is 13.6. The van der Waals surface area contributed by atoms with Crippen LogP contribution in [0.25, 0.3) is 0 Å². The molecule has 1 aliphatic carbocycles. The van der Waals surface area contributed by atoms with Gasteiger partial charge in [0.15, 0.2) is 14.3 Å². The predicted molar refractivity (Wildman–Crippen MR) is 66.7 cm³/mol. The molecule has 1 aliphatic rings. The fourth-order valence-electron chi connectivity index (χ4n) is 2.13. The zero-order valence-corrected chi connectivity index (χ0v) is 11.1. The first-order chi connectivity index (χ1) is 8.27. The molecule has 2 atom stereocenters. The molecule has 1 aromatic carbocycles. The molecule has 0 aliphatic heterocycles. The lowest BCUT2D eigenvalue weighted by molar-refractivity contribution is 0.364. The summed E-state index contributed by atoms with van der Waals surface area (Å²) in [4.78, 5) is 18.7. The van der Waals surface area contributed by atoms with Gasteiger partial charge in [-0.1, -0.05) is 24.3 Å². The Balaban J connectivity index is 2.60. The van der Waals surface area contributed by atoms with Crippen molar-refractivity contribution in [2.75, 3.05) is 0 Å². The SMILES string of the molecule is C=C[C@@H]1C[C@]1(P(=O)(O)O)S(=O)(=O)c1ccccc1. The molecule has 0 aromatic heterocycles. The van der Waals surface area contributed by atoms with E-state index in [4.69, 9.17) is 0 Å². The molecule has 1 fully saturated rings. The van der Waals surface area contributed by atoms with E-state index in [0.29, 0.717) is 0 Å². The maximum absolute atomic E-state index is 12.4. The van der Waals surface area contributed by atoms with Gasteiger partial charge in [-0.15, -0.1) is 6.58 Å². The molecule has 0 amide bonds. The first-order valence-electron chi connectivity index (χ1n) is 5.25. The zero-order valence-electron chi connectivity index (χ0n) is 9.43. The van der Waals surface area contributed by atoms with Crippen LogP contribution in [-0.4, -0.2) is 22.7 Å². The highest BCUT2D eigenvalue weighted by Crippen LogP contribution is 2.72. The Bertz CT molecular complexity index is 618. The summed E-state index contributed by atoms with van der Waals surface area (Å²) >= 11 is 0. The van der Waals surface area contributed by atoms with Gasteiger partial charge in [-0.05, 0) is 18.6 Å². The molecule has 18 heavy (non-hydrogen) atoms. The molecule has 0 unspecified atom stereocenters. The Morgan fingerprint density at radius 3 is 2.28 bits per heavy atom. The maximum atomic E-state index is 12.4. The summed E-state index contributed by atoms with van der Waals surface area (Å²) < 4.78 is 34.3. The molecular formula is C11H13O5PS. The summed E-state index contributed by atoms with van der Waals surface area (Å²) in [5, 5.41) is 0. The molecule has 0 heterocycles. The number of hydrogen-bond acceptors (Lipinski definition) is 3. The Morgan fingerprint density at radius 2 is 1.89 bits per heavy atom. The van der Waals surface area contributed by atoms with Crippen LogP contribution in [-0.2, 0) is 14.4 Å². The highest BCUT2D eigenvalue weighted by molar-refractivity contribution is 8.00. The number of rotatable bonds is 4. The first kappa shape index (κ1) is 13.5. The largest absolute Gasteiger partial charge is 0.347 e. The monoisotopic (exact) mass is 288 g/mol. The van der Waals surface area contributed by atoms with E-state index in [9.17, 15) is 22.8 Å². The van der Waals surface area contributed by atoms with Crippen molar-refractivity contribution in [2.45, 2.75) is 15.8 Å². The average molecular weight is 288 g/mol. The Kier molecular flexibility index (Phi) is 3.02. The fourth-order valence-corrected chi connectivity index (χ4v) is 6.49. The van der Waals surface area contributed by atoms with Crippen molar-refractivity contribution in [1.29, 1.82) is 0 Å². The maximum Gasteiger partial charge on any atom is 0.347 e. The van der Waals surface area contributed by atoms with Crippen molar-refractivity contribution in [3.8, 4) is 0 Å². The average Bonchev–Trinajstić information content (AvgIpc) is 3.06. The third-order valence-corrected chi connectivity index (χ3v) is 8.46. The third kappa shape index (κ3) is 1.68. The van der Waals surface area contributed by atoms with Gasteiger partial charge in [0.1, 0.15) is 0 Å². The standard InChI is InChI=1S/C11H13O5PS/c1-2-9-8-11(9,17(12,13)14)18(15,16)10-6-4-3-5-7-10/h2-7,9H,1,8H2,(H2,12,13,14)/t9-,11+/m1/s1. The van der Waals surface area contributed by atoms with Gasteiger partial charge in [0.25, 0.3) is 0 Å². The Hall–Kier alpha value is -0.940. The van der Waals surface area contributed by atoms with Gasteiger partial charge in [-0.3, -0.25) is 4.57 Å². The minimum atomic E-state index is -4.78. The Morgan fingerprint density at radius 1 is 1.33 bits per heavy atom. The van der Waals surface area contributed by atoms with Gasteiger partial charge in [-0.2, -0.15) is 0 Å².